The van der Waals surface area contributed by atoms with Crippen molar-refractivity contribution in [1.82, 2.24) is 0 Å². The Hall–Kier alpha value is -4.07. The van der Waals surface area contributed by atoms with Crippen LogP contribution in [0, 0.1) is 26.7 Å². The first-order chi connectivity index (χ1) is 20.7. The number of nitrogens with zero attached hydrogens (tertiary/aromatic N) is 1. The van der Waals surface area contributed by atoms with Crippen molar-refractivity contribution < 1.29 is 22.4 Å². The zero-order valence-corrected chi connectivity index (χ0v) is 25.7. The fraction of sp³-hybridized carbons (Fsp3) is 0.278. The van der Waals surface area contributed by atoms with Crippen LogP contribution in [0.5, 0.6) is 5.75 Å². The lowest BCUT2D eigenvalue weighted by molar-refractivity contribution is 0.0512. The van der Waals surface area contributed by atoms with Crippen molar-refractivity contribution in [3.8, 4) is 5.75 Å². The van der Waals surface area contributed by atoms with Gasteiger partial charge in [0.1, 0.15) is 28.6 Å². The molecule has 0 saturated carbocycles. The van der Waals surface area contributed by atoms with Crippen molar-refractivity contribution in [1.29, 1.82) is 0 Å². The van der Waals surface area contributed by atoms with E-state index in [9.17, 15) is 13.0 Å². The first kappa shape index (κ1) is 29.0. The maximum Gasteiger partial charge on any atom is 0.295 e. The molecule has 222 valence electrons. The lowest BCUT2D eigenvalue weighted by Crippen LogP contribution is -2.39. The number of para-hydroxylation sites is 2. The molecular weight excluding hydrogens is 558 g/mol. The number of fused-ring (bicyclic) bond motifs is 2. The first-order valence-corrected chi connectivity index (χ1v) is 16.2. The molecule has 6 nitrogen and oxygen atoms in total. The minimum absolute atomic E-state index is 0.0590. The number of hydrogen-bond donors (Lipinski definition) is 1. The highest BCUT2D eigenvalue weighted by atomic mass is 32.2. The summed E-state index contributed by atoms with van der Waals surface area (Å²) in [6.07, 6.45) is 10.5. The van der Waals surface area contributed by atoms with Crippen molar-refractivity contribution in [2.75, 3.05) is 11.4 Å². The van der Waals surface area contributed by atoms with Gasteiger partial charge in [-0.3, -0.25) is 4.55 Å². The number of likely N-dealkylation sites (N-methyl/N-ethyl adjacent to an activating group) is 1. The number of allylic oxidation sites excluding steroid dienone is 1. The van der Waals surface area contributed by atoms with E-state index < -0.39 is 10.1 Å². The van der Waals surface area contributed by atoms with Gasteiger partial charge in [-0.1, -0.05) is 72.8 Å². The predicted molar refractivity (Wildman–Crippen MR) is 171 cm³/mol. The smallest absolute Gasteiger partial charge is 0.295 e. The van der Waals surface area contributed by atoms with E-state index in [2.05, 4.69) is 62.1 Å². The third-order valence-electron chi connectivity index (χ3n) is 8.60. The maximum absolute atomic E-state index is 12.5. The summed E-state index contributed by atoms with van der Waals surface area (Å²) in [6.45, 7) is 9.23. The number of anilines is 1. The molecule has 1 aliphatic heterocycles. The zero-order chi connectivity index (χ0) is 30.3. The quantitative estimate of drug-likeness (QED) is 0.227. The molecule has 4 atom stereocenters. The predicted octanol–water partition coefficient (Wildman–Crippen LogP) is 7.38. The van der Waals surface area contributed by atoms with E-state index in [-0.39, 0.29) is 29.1 Å². The van der Waals surface area contributed by atoms with Crippen LogP contribution in [0.15, 0.2) is 113 Å². The monoisotopic (exact) mass is 595 g/mol. The lowest BCUT2D eigenvalue weighted by atomic mass is 9.76. The molecule has 0 saturated heterocycles. The molecule has 1 N–H and O–H groups in total. The Bertz CT molecular complexity index is 1760. The molecule has 6 rings (SSSR count). The summed E-state index contributed by atoms with van der Waals surface area (Å²) in [7, 11) is -4.46. The molecule has 0 radical (unpaired) electrons. The van der Waals surface area contributed by atoms with Gasteiger partial charge in [0.15, 0.2) is 0 Å². The van der Waals surface area contributed by atoms with Gasteiger partial charge in [-0.15, -0.1) is 0 Å². The lowest BCUT2D eigenvalue weighted by Gasteiger charge is -2.42. The molecule has 3 aromatic carbocycles. The van der Waals surface area contributed by atoms with Gasteiger partial charge in [0.25, 0.3) is 10.1 Å². The molecule has 7 heteroatoms. The largest absolute Gasteiger partial charge is 0.489 e. The Morgan fingerprint density at radius 3 is 2.33 bits per heavy atom. The van der Waals surface area contributed by atoms with E-state index in [0.717, 1.165) is 29.0 Å². The second-order valence-corrected chi connectivity index (χ2v) is 12.8. The Kier molecular flexibility index (Phi) is 7.79. The molecule has 3 aliphatic rings. The van der Waals surface area contributed by atoms with E-state index in [1.165, 1.54) is 22.9 Å². The van der Waals surface area contributed by atoms with E-state index in [1.54, 1.807) is 18.2 Å². The van der Waals surface area contributed by atoms with Crippen molar-refractivity contribution in [3.63, 3.8) is 0 Å². The molecule has 0 aromatic heterocycles. The molecule has 0 fully saturated rings. The fourth-order valence-corrected chi connectivity index (χ4v) is 7.33. The zero-order valence-electron chi connectivity index (χ0n) is 24.9. The fourth-order valence-electron chi connectivity index (χ4n) is 6.62. The Balaban J connectivity index is 1.45. The molecular formula is C36H37NO5S. The molecule has 0 amide bonds. The van der Waals surface area contributed by atoms with Gasteiger partial charge in [-0.05, 0) is 74.2 Å². The van der Waals surface area contributed by atoms with Crippen molar-refractivity contribution in [2.24, 2.45) is 5.92 Å². The summed E-state index contributed by atoms with van der Waals surface area (Å²) < 4.78 is 48.4. The highest BCUT2D eigenvalue weighted by molar-refractivity contribution is 7.86. The first-order valence-electron chi connectivity index (χ1n) is 14.8. The van der Waals surface area contributed by atoms with E-state index in [0.29, 0.717) is 17.7 Å². The van der Waals surface area contributed by atoms with Crippen molar-refractivity contribution in [3.05, 3.63) is 131 Å². The Labute approximate surface area is 254 Å². The molecule has 1 heterocycles. The third kappa shape index (κ3) is 5.55. The highest BCUT2D eigenvalue weighted by Crippen LogP contribution is 2.47. The van der Waals surface area contributed by atoms with Gasteiger partial charge in [0.2, 0.25) is 0 Å². The third-order valence-corrected chi connectivity index (χ3v) is 9.51. The molecule has 0 spiro atoms. The second-order valence-electron chi connectivity index (χ2n) is 11.4. The van der Waals surface area contributed by atoms with Gasteiger partial charge < -0.3 is 14.4 Å². The number of ether oxygens (including phenoxy) is 2. The van der Waals surface area contributed by atoms with Crippen LogP contribution in [0.3, 0.4) is 0 Å². The molecule has 4 unspecified atom stereocenters. The van der Waals surface area contributed by atoms with E-state index in [1.807, 2.05) is 43.3 Å². The maximum atomic E-state index is 12.5. The van der Waals surface area contributed by atoms with Gasteiger partial charge in [0, 0.05) is 35.7 Å². The van der Waals surface area contributed by atoms with Gasteiger partial charge >= 0.3 is 0 Å². The normalized spacial score (nSPS) is 22.8. The Morgan fingerprint density at radius 2 is 1.60 bits per heavy atom. The van der Waals surface area contributed by atoms with E-state index in [4.69, 9.17) is 9.47 Å². The average Bonchev–Trinajstić information content (AvgIpc) is 2.98. The van der Waals surface area contributed by atoms with Gasteiger partial charge in [-0.25, -0.2) is 0 Å². The van der Waals surface area contributed by atoms with E-state index >= 15 is 0 Å². The summed E-state index contributed by atoms with van der Waals surface area (Å²) in [5, 5.41) is 0. The van der Waals surface area contributed by atoms with Crippen LogP contribution in [-0.2, 0) is 14.9 Å². The van der Waals surface area contributed by atoms with Crippen molar-refractivity contribution in [2.45, 2.75) is 57.3 Å². The molecule has 43 heavy (non-hydrogen) atoms. The summed E-state index contributed by atoms with van der Waals surface area (Å²) in [6, 6.07) is 20.9. The minimum Gasteiger partial charge on any atom is -0.489 e. The van der Waals surface area contributed by atoms with Gasteiger partial charge in [0.05, 0.1) is 6.04 Å². The average molecular weight is 596 g/mol. The SMILES string of the molecule is CCN(c1c(C)cccc1C)C1C=CC2=C(c3ccccc3S(=O)(=O)O)C3C=CC(Oc4ccccc4C)CC3OC2=C1. The molecule has 2 aliphatic carbocycles. The van der Waals surface area contributed by atoms with Gasteiger partial charge in [-0.2, -0.15) is 8.42 Å². The van der Waals surface area contributed by atoms with Crippen LogP contribution in [-0.4, -0.2) is 37.8 Å². The summed E-state index contributed by atoms with van der Waals surface area (Å²) in [5.74, 6) is 1.31. The van der Waals surface area contributed by atoms with Crippen LogP contribution >= 0.6 is 0 Å². The number of rotatable bonds is 7. The Morgan fingerprint density at radius 1 is 0.907 bits per heavy atom. The number of hydrogen-bond acceptors (Lipinski definition) is 5. The van der Waals surface area contributed by atoms with Crippen LogP contribution in [0.25, 0.3) is 5.57 Å². The number of aryl methyl sites for hydroxylation is 3. The highest BCUT2D eigenvalue weighted by Gasteiger charge is 2.41. The van der Waals surface area contributed by atoms with Crippen molar-refractivity contribution >= 4 is 21.4 Å². The second kappa shape index (κ2) is 11.5. The minimum atomic E-state index is -4.46. The summed E-state index contributed by atoms with van der Waals surface area (Å²) in [4.78, 5) is 2.25. The summed E-state index contributed by atoms with van der Waals surface area (Å²) in [5.41, 5.74) is 6.80. The standard InChI is InChI=1S/C36H37NO5S/c1-5-37(36-24(3)12-10-13-25(36)4)26-17-19-28-32(21-26)42-33-22-27(41-31-15-8-6-11-23(31)2)18-20-29(33)35(28)30-14-7-9-16-34(30)43(38,39)40/h6-21,26-27,29,33H,5,22H2,1-4H3,(H,38,39,40). The topological polar surface area (TPSA) is 76.1 Å². The molecule has 0 bridgehead atoms. The number of benzene rings is 3. The molecule has 3 aromatic rings. The summed E-state index contributed by atoms with van der Waals surface area (Å²) >= 11 is 0. The van der Waals surface area contributed by atoms with Crippen LogP contribution < -0.4 is 9.64 Å². The van der Waals surface area contributed by atoms with Crippen LogP contribution in [0.2, 0.25) is 0 Å². The van der Waals surface area contributed by atoms with Crippen LogP contribution in [0.1, 0.15) is 35.6 Å². The van der Waals surface area contributed by atoms with Crippen LogP contribution in [0.4, 0.5) is 5.69 Å².